The summed E-state index contributed by atoms with van der Waals surface area (Å²) in [6, 6.07) is 3.80. The Kier molecular flexibility index (Phi) is 3.62. The third kappa shape index (κ3) is 2.76. The molecule has 0 bridgehead atoms. The van der Waals surface area contributed by atoms with Crippen LogP contribution in [0.25, 0.3) is 11.3 Å². The van der Waals surface area contributed by atoms with Crippen LogP contribution in [0.2, 0.25) is 0 Å². The van der Waals surface area contributed by atoms with Gasteiger partial charge in [-0.05, 0) is 19.1 Å². The molecule has 0 aromatic carbocycles. The zero-order valence-corrected chi connectivity index (χ0v) is 9.63. The smallest absolute Gasteiger partial charge is 0.232 e. The average Bonchev–Trinajstić information content (AvgIpc) is 2.40. The fraction of sp³-hybridized carbons (Fsp3) is 0.250. The van der Waals surface area contributed by atoms with Crippen molar-refractivity contribution in [2.24, 2.45) is 5.73 Å². The molecule has 2 heterocycles. The van der Waals surface area contributed by atoms with Crippen molar-refractivity contribution >= 4 is 0 Å². The first-order chi connectivity index (χ1) is 8.33. The lowest BCUT2D eigenvalue weighted by molar-refractivity contribution is 0.325. The first-order valence-electron chi connectivity index (χ1n) is 5.43. The standard InChI is InChI=1S/C12H14N4O/c1-2-17-12-8-14-7-11(16-12)9-3-4-10(5-13)15-6-9/h3-4,6-8H,2,5,13H2,1H3. The molecule has 0 aliphatic heterocycles. The molecule has 17 heavy (non-hydrogen) atoms. The van der Waals surface area contributed by atoms with E-state index in [1.54, 1.807) is 18.6 Å². The number of ether oxygens (including phenoxy) is 1. The van der Waals surface area contributed by atoms with Crippen molar-refractivity contribution in [3.63, 3.8) is 0 Å². The molecular weight excluding hydrogens is 216 g/mol. The fourth-order valence-electron chi connectivity index (χ4n) is 1.40. The first kappa shape index (κ1) is 11.5. The van der Waals surface area contributed by atoms with Gasteiger partial charge in [0.15, 0.2) is 0 Å². The summed E-state index contributed by atoms with van der Waals surface area (Å²) in [6.07, 6.45) is 5.01. The van der Waals surface area contributed by atoms with Crippen LogP contribution in [-0.2, 0) is 6.54 Å². The zero-order chi connectivity index (χ0) is 12.1. The lowest BCUT2D eigenvalue weighted by Gasteiger charge is -2.04. The predicted molar refractivity (Wildman–Crippen MR) is 64.3 cm³/mol. The first-order valence-corrected chi connectivity index (χ1v) is 5.43. The van der Waals surface area contributed by atoms with Gasteiger partial charge in [-0.2, -0.15) is 0 Å². The topological polar surface area (TPSA) is 73.9 Å². The lowest BCUT2D eigenvalue weighted by atomic mass is 10.2. The lowest BCUT2D eigenvalue weighted by Crippen LogP contribution is -1.99. The van der Waals surface area contributed by atoms with E-state index < -0.39 is 0 Å². The number of nitrogens with zero attached hydrogens (tertiary/aromatic N) is 3. The van der Waals surface area contributed by atoms with Crippen LogP contribution in [0.3, 0.4) is 0 Å². The maximum atomic E-state index is 5.49. The highest BCUT2D eigenvalue weighted by Crippen LogP contribution is 2.17. The zero-order valence-electron chi connectivity index (χ0n) is 9.63. The molecule has 0 aliphatic rings. The molecule has 2 rings (SSSR count). The van der Waals surface area contributed by atoms with Gasteiger partial charge in [0, 0.05) is 18.3 Å². The van der Waals surface area contributed by atoms with Crippen LogP contribution in [0.4, 0.5) is 0 Å². The molecule has 0 saturated carbocycles. The summed E-state index contributed by atoms with van der Waals surface area (Å²) in [4.78, 5) is 12.6. The largest absolute Gasteiger partial charge is 0.477 e. The predicted octanol–water partition coefficient (Wildman–Crippen LogP) is 1.40. The van der Waals surface area contributed by atoms with Crippen molar-refractivity contribution < 1.29 is 4.74 Å². The van der Waals surface area contributed by atoms with E-state index in [1.807, 2.05) is 19.1 Å². The number of pyridine rings is 1. The van der Waals surface area contributed by atoms with Gasteiger partial charge in [0.1, 0.15) is 0 Å². The minimum Gasteiger partial charge on any atom is -0.477 e. The van der Waals surface area contributed by atoms with Gasteiger partial charge in [0.05, 0.1) is 30.4 Å². The van der Waals surface area contributed by atoms with Gasteiger partial charge in [-0.1, -0.05) is 0 Å². The molecule has 0 atom stereocenters. The fourth-order valence-corrected chi connectivity index (χ4v) is 1.40. The molecule has 0 fully saturated rings. The monoisotopic (exact) mass is 230 g/mol. The summed E-state index contributed by atoms with van der Waals surface area (Å²) < 4.78 is 5.30. The van der Waals surface area contributed by atoms with Crippen LogP contribution >= 0.6 is 0 Å². The van der Waals surface area contributed by atoms with Crippen LogP contribution in [0, 0.1) is 0 Å². The van der Waals surface area contributed by atoms with Gasteiger partial charge < -0.3 is 10.5 Å². The number of hydrogen-bond donors (Lipinski definition) is 1. The van der Waals surface area contributed by atoms with E-state index in [1.165, 1.54) is 0 Å². The molecule has 2 aromatic heterocycles. The molecule has 0 amide bonds. The Balaban J connectivity index is 2.28. The summed E-state index contributed by atoms with van der Waals surface area (Å²) in [5.74, 6) is 0.521. The third-order valence-corrected chi connectivity index (χ3v) is 2.23. The van der Waals surface area contributed by atoms with Gasteiger partial charge >= 0.3 is 0 Å². The number of aromatic nitrogens is 3. The van der Waals surface area contributed by atoms with E-state index in [0.717, 1.165) is 17.0 Å². The summed E-state index contributed by atoms with van der Waals surface area (Å²) in [5.41, 5.74) is 7.98. The maximum Gasteiger partial charge on any atom is 0.232 e. The Morgan fingerprint density at radius 2 is 2.12 bits per heavy atom. The van der Waals surface area contributed by atoms with E-state index in [-0.39, 0.29) is 0 Å². The minimum atomic E-state index is 0.435. The highest BCUT2D eigenvalue weighted by atomic mass is 16.5. The number of rotatable bonds is 4. The van der Waals surface area contributed by atoms with Crippen molar-refractivity contribution in [1.29, 1.82) is 0 Å². The van der Waals surface area contributed by atoms with Gasteiger partial charge in [0.2, 0.25) is 5.88 Å². The number of hydrogen-bond acceptors (Lipinski definition) is 5. The van der Waals surface area contributed by atoms with Gasteiger partial charge in [-0.3, -0.25) is 9.97 Å². The molecule has 0 spiro atoms. The van der Waals surface area contributed by atoms with Gasteiger partial charge in [-0.25, -0.2) is 4.98 Å². The van der Waals surface area contributed by atoms with E-state index in [0.29, 0.717) is 19.0 Å². The van der Waals surface area contributed by atoms with Crippen LogP contribution in [-0.4, -0.2) is 21.6 Å². The quantitative estimate of drug-likeness (QED) is 0.859. The SMILES string of the molecule is CCOc1cncc(-c2ccc(CN)nc2)n1. The molecule has 5 heteroatoms. The summed E-state index contributed by atoms with van der Waals surface area (Å²) in [5, 5.41) is 0. The van der Waals surface area contributed by atoms with E-state index in [4.69, 9.17) is 10.5 Å². The summed E-state index contributed by atoms with van der Waals surface area (Å²) >= 11 is 0. The van der Waals surface area contributed by atoms with Crippen molar-refractivity contribution in [2.45, 2.75) is 13.5 Å². The molecular formula is C12H14N4O. The second-order valence-corrected chi connectivity index (χ2v) is 3.42. The normalized spacial score (nSPS) is 10.2. The van der Waals surface area contributed by atoms with Gasteiger partial charge in [0.25, 0.3) is 0 Å². The molecule has 88 valence electrons. The Morgan fingerprint density at radius 3 is 2.76 bits per heavy atom. The molecule has 0 unspecified atom stereocenters. The Morgan fingerprint density at radius 1 is 1.24 bits per heavy atom. The minimum absolute atomic E-state index is 0.435. The Labute approximate surface area is 99.7 Å². The second kappa shape index (κ2) is 5.36. The van der Waals surface area contributed by atoms with Crippen molar-refractivity contribution in [2.75, 3.05) is 6.61 Å². The molecule has 5 nitrogen and oxygen atoms in total. The number of nitrogens with two attached hydrogens (primary N) is 1. The van der Waals surface area contributed by atoms with Crippen molar-refractivity contribution in [1.82, 2.24) is 15.0 Å². The van der Waals surface area contributed by atoms with Crippen LogP contribution < -0.4 is 10.5 Å². The van der Waals surface area contributed by atoms with E-state index >= 15 is 0 Å². The van der Waals surface area contributed by atoms with Crippen LogP contribution in [0.5, 0.6) is 5.88 Å². The Bertz CT molecular complexity index is 484. The van der Waals surface area contributed by atoms with E-state index in [2.05, 4.69) is 15.0 Å². The molecule has 0 saturated heterocycles. The van der Waals surface area contributed by atoms with Crippen molar-refractivity contribution in [3.8, 4) is 17.1 Å². The maximum absolute atomic E-state index is 5.49. The van der Waals surface area contributed by atoms with Crippen LogP contribution in [0.1, 0.15) is 12.6 Å². The van der Waals surface area contributed by atoms with Gasteiger partial charge in [-0.15, -0.1) is 0 Å². The molecule has 2 N–H and O–H groups in total. The highest BCUT2D eigenvalue weighted by molar-refractivity contribution is 5.57. The highest BCUT2D eigenvalue weighted by Gasteiger charge is 2.03. The molecule has 0 aliphatic carbocycles. The average molecular weight is 230 g/mol. The van der Waals surface area contributed by atoms with Crippen molar-refractivity contribution in [3.05, 3.63) is 36.4 Å². The molecule has 0 radical (unpaired) electrons. The summed E-state index contributed by atoms with van der Waals surface area (Å²) in [6.45, 7) is 2.92. The molecule has 2 aromatic rings. The summed E-state index contributed by atoms with van der Waals surface area (Å²) in [7, 11) is 0. The Hall–Kier alpha value is -2.01. The second-order valence-electron chi connectivity index (χ2n) is 3.42. The van der Waals surface area contributed by atoms with Crippen LogP contribution in [0.15, 0.2) is 30.7 Å². The third-order valence-electron chi connectivity index (χ3n) is 2.23. The van der Waals surface area contributed by atoms with E-state index in [9.17, 15) is 0 Å².